The number of nitrogens with zero attached hydrogens (tertiary/aromatic N) is 2. The number of benzene rings is 2. The van der Waals surface area contributed by atoms with Gasteiger partial charge >= 0.3 is 5.97 Å². The molecule has 2 aromatic carbocycles. The standard InChI is InChI=1S/C19H16N4O3/c1-25-13-5-3-4-11(8-13)16-10-20-18(21-16)17-14-9-12(19(24)26-2)6-7-15(14)22-23-17/h3-10H,1-2H3,(H,20,21)(H,22,23). The van der Waals surface area contributed by atoms with Gasteiger partial charge in [0.25, 0.3) is 0 Å². The summed E-state index contributed by atoms with van der Waals surface area (Å²) in [6, 6.07) is 12.9. The molecule has 4 aromatic rings. The maximum absolute atomic E-state index is 11.8. The Labute approximate surface area is 149 Å². The van der Waals surface area contributed by atoms with Gasteiger partial charge in [-0.15, -0.1) is 0 Å². The van der Waals surface area contributed by atoms with Gasteiger partial charge in [-0.1, -0.05) is 12.1 Å². The van der Waals surface area contributed by atoms with Crippen LogP contribution in [0, 0.1) is 0 Å². The van der Waals surface area contributed by atoms with Crippen molar-refractivity contribution >= 4 is 16.9 Å². The highest BCUT2D eigenvalue weighted by Crippen LogP contribution is 2.28. The Morgan fingerprint density at radius 1 is 1.12 bits per heavy atom. The summed E-state index contributed by atoms with van der Waals surface area (Å²) in [7, 11) is 2.99. The van der Waals surface area contributed by atoms with Gasteiger partial charge in [-0.2, -0.15) is 5.10 Å². The number of esters is 1. The molecule has 0 saturated carbocycles. The van der Waals surface area contributed by atoms with Gasteiger partial charge in [-0.05, 0) is 30.3 Å². The third-order valence-corrected chi connectivity index (χ3v) is 4.16. The van der Waals surface area contributed by atoms with Crippen LogP contribution in [0.1, 0.15) is 10.4 Å². The normalized spacial score (nSPS) is 10.8. The number of hydrogen-bond donors (Lipinski definition) is 2. The van der Waals surface area contributed by atoms with E-state index in [-0.39, 0.29) is 0 Å². The molecule has 2 aromatic heterocycles. The fraction of sp³-hybridized carbons (Fsp3) is 0.105. The minimum atomic E-state index is -0.393. The van der Waals surface area contributed by atoms with Crippen molar-refractivity contribution in [3.63, 3.8) is 0 Å². The van der Waals surface area contributed by atoms with E-state index in [4.69, 9.17) is 9.47 Å². The molecule has 7 heteroatoms. The zero-order valence-electron chi connectivity index (χ0n) is 14.2. The number of fused-ring (bicyclic) bond motifs is 1. The molecular weight excluding hydrogens is 332 g/mol. The quantitative estimate of drug-likeness (QED) is 0.551. The molecule has 0 unspecified atom stereocenters. The van der Waals surface area contributed by atoms with Crippen LogP contribution in [-0.2, 0) is 4.74 Å². The summed E-state index contributed by atoms with van der Waals surface area (Å²) < 4.78 is 10.1. The van der Waals surface area contributed by atoms with Crippen LogP contribution in [0.3, 0.4) is 0 Å². The first-order valence-electron chi connectivity index (χ1n) is 7.96. The van der Waals surface area contributed by atoms with E-state index in [9.17, 15) is 4.79 Å². The second-order valence-corrected chi connectivity index (χ2v) is 5.70. The number of aromatic nitrogens is 4. The maximum Gasteiger partial charge on any atom is 0.337 e. The second kappa shape index (κ2) is 6.36. The Morgan fingerprint density at radius 2 is 2.00 bits per heavy atom. The van der Waals surface area contributed by atoms with Crippen LogP contribution in [0.4, 0.5) is 0 Å². The smallest absolute Gasteiger partial charge is 0.337 e. The van der Waals surface area contributed by atoms with Crippen LogP contribution in [0.2, 0.25) is 0 Å². The number of nitrogens with one attached hydrogen (secondary N) is 2. The lowest BCUT2D eigenvalue weighted by Crippen LogP contribution is -2.00. The highest BCUT2D eigenvalue weighted by Gasteiger charge is 2.15. The summed E-state index contributed by atoms with van der Waals surface area (Å²) in [6.45, 7) is 0. The van der Waals surface area contributed by atoms with E-state index in [0.29, 0.717) is 17.1 Å². The van der Waals surface area contributed by atoms with Gasteiger partial charge < -0.3 is 14.5 Å². The number of rotatable bonds is 4. The molecule has 0 aliphatic heterocycles. The van der Waals surface area contributed by atoms with E-state index in [2.05, 4.69) is 20.2 Å². The first-order chi connectivity index (χ1) is 12.7. The monoisotopic (exact) mass is 348 g/mol. The first-order valence-corrected chi connectivity index (χ1v) is 7.96. The van der Waals surface area contributed by atoms with Gasteiger partial charge in [-0.25, -0.2) is 9.78 Å². The Hall–Kier alpha value is -3.61. The fourth-order valence-corrected chi connectivity index (χ4v) is 2.82. The summed E-state index contributed by atoms with van der Waals surface area (Å²) in [4.78, 5) is 19.5. The van der Waals surface area contributed by atoms with Gasteiger partial charge in [0, 0.05) is 10.9 Å². The van der Waals surface area contributed by atoms with E-state index >= 15 is 0 Å². The highest BCUT2D eigenvalue weighted by molar-refractivity contribution is 5.98. The molecule has 0 atom stereocenters. The molecule has 2 N–H and O–H groups in total. The minimum absolute atomic E-state index is 0.393. The Morgan fingerprint density at radius 3 is 2.81 bits per heavy atom. The van der Waals surface area contributed by atoms with Gasteiger partial charge in [0.15, 0.2) is 5.82 Å². The molecular formula is C19H16N4O3. The molecule has 0 aliphatic carbocycles. The second-order valence-electron chi connectivity index (χ2n) is 5.70. The topological polar surface area (TPSA) is 92.9 Å². The number of carbonyl (C=O) groups is 1. The molecule has 0 spiro atoms. The largest absolute Gasteiger partial charge is 0.497 e. The Kier molecular flexibility index (Phi) is 3.89. The zero-order valence-corrected chi connectivity index (χ0v) is 14.2. The zero-order chi connectivity index (χ0) is 18.1. The Balaban J connectivity index is 1.76. The molecule has 0 fully saturated rings. The average Bonchev–Trinajstić information content (AvgIpc) is 3.33. The van der Waals surface area contributed by atoms with Crippen LogP contribution < -0.4 is 4.74 Å². The van der Waals surface area contributed by atoms with Crippen LogP contribution in [0.25, 0.3) is 33.7 Å². The SMILES string of the molecule is COC(=O)c1ccc2[nH]nc(-c3ncc(-c4cccc(OC)c4)[nH]3)c2c1. The van der Waals surface area contributed by atoms with E-state index in [1.54, 1.807) is 31.5 Å². The number of ether oxygens (including phenoxy) is 2. The van der Waals surface area contributed by atoms with Crippen LogP contribution in [0.5, 0.6) is 5.75 Å². The van der Waals surface area contributed by atoms with Crippen LogP contribution in [-0.4, -0.2) is 40.4 Å². The van der Waals surface area contributed by atoms with Gasteiger partial charge in [0.1, 0.15) is 11.4 Å². The first kappa shape index (κ1) is 15.9. The summed E-state index contributed by atoms with van der Waals surface area (Å²) in [6.07, 6.45) is 1.74. The van der Waals surface area contributed by atoms with Crippen molar-refractivity contribution in [3.05, 3.63) is 54.2 Å². The van der Waals surface area contributed by atoms with Crippen molar-refractivity contribution in [1.29, 1.82) is 0 Å². The van der Waals surface area contributed by atoms with Crippen molar-refractivity contribution in [2.75, 3.05) is 14.2 Å². The summed E-state index contributed by atoms with van der Waals surface area (Å²) in [5.74, 6) is 0.984. The molecule has 4 rings (SSSR count). The third kappa shape index (κ3) is 2.69. The number of methoxy groups -OCH3 is 2. The highest BCUT2D eigenvalue weighted by atomic mass is 16.5. The fourth-order valence-electron chi connectivity index (χ4n) is 2.82. The lowest BCUT2D eigenvalue weighted by atomic mass is 10.1. The van der Waals surface area contributed by atoms with Crippen LogP contribution >= 0.6 is 0 Å². The predicted molar refractivity (Wildman–Crippen MR) is 97.0 cm³/mol. The van der Waals surface area contributed by atoms with Crippen LogP contribution in [0.15, 0.2) is 48.7 Å². The predicted octanol–water partition coefficient (Wildman–Crippen LogP) is 3.42. The minimum Gasteiger partial charge on any atom is -0.497 e. The van der Waals surface area contributed by atoms with E-state index < -0.39 is 5.97 Å². The lowest BCUT2D eigenvalue weighted by molar-refractivity contribution is 0.0601. The number of H-pyrrole nitrogens is 2. The van der Waals surface area contributed by atoms with Gasteiger partial charge in [-0.3, -0.25) is 5.10 Å². The third-order valence-electron chi connectivity index (χ3n) is 4.16. The number of hydrogen-bond acceptors (Lipinski definition) is 5. The Bertz CT molecular complexity index is 1100. The molecule has 130 valence electrons. The number of aromatic amines is 2. The molecule has 0 radical (unpaired) electrons. The molecule has 0 saturated heterocycles. The molecule has 26 heavy (non-hydrogen) atoms. The molecule has 0 aliphatic rings. The average molecular weight is 348 g/mol. The molecule has 2 heterocycles. The van der Waals surface area contributed by atoms with Gasteiger partial charge in [0.2, 0.25) is 0 Å². The maximum atomic E-state index is 11.8. The van der Waals surface area contributed by atoms with E-state index in [0.717, 1.165) is 27.9 Å². The van der Waals surface area contributed by atoms with E-state index in [1.165, 1.54) is 7.11 Å². The molecule has 0 amide bonds. The molecule has 0 bridgehead atoms. The van der Waals surface area contributed by atoms with E-state index in [1.807, 2.05) is 24.3 Å². The van der Waals surface area contributed by atoms with Crippen molar-refractivity contribution in [2.45, 2.75) is 0 Å². The number of imidazole rings is 1. The van der Waals surface area contributed by atoms with Crippen molar-refractivity contribution in [3.8, 4) is 28.5 Å². The van der Waals surface area contributed by atoms with Crippen molar-refractivity contribution < 1.29 is 14.3 Å². The van der Waals surface area contributed by atoms with Crippen molar-refractivity contribution in [1.82, 2.24) is 20.2 Å². The summed E-state index contributed by atoms with van der Waals surface area (Å²) >= 11 is 0. The number of carbonyl (C=O) groups excluding carboxylic acids is 1. The molecule has 7 nitrogen and oxygen atoms in total. The van der Waals surface area contributed by atoms with Gasteiger partial charge in [0.05, 0.1) is 37.2 Å². The summed E-state index contributed by atoms with van der Waals surface area (Å²) in [5.41, 5.74) is 3.71. The van der Waals surface area contributed by atoms with Crippen molar-refractivity contribution in [2.24, 2.45) is 0 Å². The lowest BCUT2D eigenvalue weighted by Gasteiger charge is -2.02. The summed E-state index contributed by atoms with van der Waals surface area (Å²) in [5, 5.41) is 8.08.